The molecule has 2 atom stereocenters. The number of rotatable bonds is 3. The number of para-hydroxylation sites is 1. The van der Waals surface area contributed by atoms with E-state index >= 15 is 0 Å². The number of nitrogens with two attached hydrogens (primary N) is 1. The van der Waals surface area contributed by atoms with Gasteiger partial charge in [-0.2, -0.15) is 0 Å². The highest BCUT2D eigenvalue weighted by atomic mass is 16.7. The fraction of sp³-hybridized carbons (Fsp3) is 0.571. The van der Waals surface area contributed by atoms with Gasteiger partial charge in [-0.25, -0.2) is 0 Å². The van der Waals surface area contributed by atoms with Crippen LogP contribution in [0.5, 0.6) is 11.5 Å². The fourth-order valence-corrected chi connectivity index (χ4v) is 2.80. The SMILES string of the molecule is NC1CCCC(NCc2cccc3c2OCO3)C1. The average molecular weight is 248 g/mol. The van der Waals surface area contributed by atoms with Gasteiger partial charge in [0, 0.05) is 24.2 Å². The molecule has 98 valence electrons. The maximum atomic E-state index is 6.00. The highest BCUT2D eigenvalue weighted by molar-refractivity contribution is 5.48. The molecule has 4 nitrogen and oxygen atoms in total. The number of hydrogen-bond donors (Lipinski definition) is 2. The zero-order chi connectivity index (χ0) is 12.4. The largest absolute Gasteiger partial charge is 0.454 e. The van der Waals surface area contributed by atoms with E-state index in [-0.39, 0.29) is 0 Å². The van der Waals surface area contributed by atoms with Crippen molar-refractivity contribution in [2.24, 2.45) is 5.73 Å². The quantitative estimate of drug-likeness (QED) is 0.856. The summed E-state index contributed by atoms with van der Waals surface area (Å²) in [4.78, 5) is 0. The number of hydrogen-bond acceptors (Lipinski definition) is 4. The standard InChI is InChI=1S/C14H20N2O2/c15-11-4-2-5-12(7-11)16-8-10-3-1-6-13-14(10)18-9-17-13/h1,3,6,11-12,16H,2,4-5,7-9,15H2. The highest BCUT2D eigenvalue weighted by Crippen LogP contribution is 2.35. The third-order valence-corrected chi connectivity index (χ3v) is 3.77. The molecule has 3 N–H and O–H groups in total. The first-order chi connectivity index (χ1) is 8.83. The molecule has 0 spiro atoms. The van der Waals surface area contributed by atoms with Crippen LogP contribution in [0.1, 0.15) is 31.2 Å². The molecule has 1 aromatic carbocycles. The molecule has 2 aliphatic rings. The first-order valence-electron chi connectivity index (χ1n) is 6.69. The third kappa shape index (κ3) is 2.44. The summed E-state index contributed by atoms with van der Waals surface area (Å²) in [5, 5.41) is 3.58. The molecule has 1 aromatic rings. The Morgan fingerprint density at radius 2 is 2.22 bits per heavy atom. The molecular formula is C14H20N2O2. The fourth-order valence-electron chi connectivity index (χ4n) is 2.80. The summed E-state index contributed by atoms with van der Waals surface area (Å²) >= 11 is 0. The number of nitrogens with one attached hydrogen (secondary N) is 1. The van der Waals surface area contributed by atoms with Gasteiger partial charge in [0.1, 0.15) is 0 Å². The second-order valence-electron chi connectivity index (χ2n) is 5.16. The van der Waals surface area contributed by atoms with E-state index in [1.54, 1.807) is 0 Å². The molecule has 1 aliphatic carbocycles. The summed E-state index contributed by atoms with van der Waals surface area (Å²) in [6.45, 7) is 1.16. The second-order valence-corrected chi connectivity index (χ2v) is 5.16. The van der Waals surface area contributed by atoms with E-state index in [1.807, 2.05) is 12.1 Å². The van der Waals surface area contributed by atoms with Crippen molar-refractivity contribution in [1.82, 2.24) is 5.32 Å². The lowest BCUT2D eigenvalue weighted by molar-refractivity contribution is 0.173. The van der Waals surface area contributed by atoms with E-state index in [1.165, 1.54) is 18.4 Å². The molecule has 1 heterocycles. The van der Waals surface area contributed by atoms with Crippen molar-refractivity contribution in [2.45, 2.75) is 44.3 Å². The summed E-state index contributed by atoms with van der Waals surface area (Å²) in [6, 6.07) is 6.94. The molecule has 0 amide bonds. The summed E-state index contributed by atoms with van der Waals surface area (Å²) in [7, 11) is 0. The molecule has 0 saturated heterocycles. The van der Waals surface area contributed by atoms with Gasteiger partial charge >= 0.3 is 0 Å². The molecule has 0 aromatic heterocycles. The van der Waals surface area contributed by atoms with Gasteiger partial charge in [-0.3, -0.25) is 0 Å². The van der Waals surface area contributed by atoms with Crippen molar-refractivity contribution in [3.05, 3.63) is 23.8 Å². The predicted octanol–water partition coefficient (Wildman–Crippen LogP) is 1.77. The molecule has 0 bridgehead atoms. The molecule has 18 heavy (non-hydrogen) atoms. The zero-order valence-electron chi connectivity index (χ0n) is 10.5. The van der Waals surface area contributed by atoms with Crippen LogP contribution in [-0.2, 0) is 6.54 Å². The van der Waals surface area contributed by atoms with Crippen molar-refractivity contribution in [3.8, 4) is 11.5 Å². The summed E-state index contributed by atoms with van der Waals surface area (Å²) in [5.74, 6) is 1.75. The Morgan fingerprint density at radius 1 is 1.28 bits per heavy atom. The minimum absolute atomic E-state index is 0.334. The van der Waals surface area contributed by atoms with Crippen LogP contribution in [0.2, 0.25) is 0 Å². The molecule has 0 radical (unpaired) electrons. The minimum atomic E-state index is 0.334. The van der Waals surface area contributed by atoms with Crippen LogP contribution in [0.25, 0.3) is 0 Å². The highest BCUT2D eigenvalue weighted by Gasteiger charge is 2.21. The first-order valence-corrected chi connectivity index (χ1v) is 6.69. The van der Waals surface area contributed by atoms with Crippen LogP contribution in [0, 0.1) is 0 Å². The van der Waals surface area contributed by atoms with Crippen LogP contribution in [0.3, 0.4) is 0 Å². The summed E-state index contributed by atoms with van der Waals surface area (Å²) < 4.78 is 10.9. The van der Waals surface area contributed by atoms with Gasteiger partial charge in [0.2, 0.25) is 6.79 Å². The Labute approximate surface area is 107 Å². The Balaban J connectivity index is 1.61. The maximum Gasteiger partial charge on any atom is 0.231 e. The van der Waals surface area contributed by atoms with Crippen LogP contribution in [-0.4, -0.2) is 18.9 Å². The minimum Gasteiger partial charge on any atom is -0.454 e. The second kappa shape index (κ2) is 5.16. The normalized spacial score (nSPS) is 26.3. The van der Waals surface area contributed by atoms with E-state index in [4.69, 9.17) is 15.2 Å². The van der Waals surface area contributed by atoms with Gasteiger partial charge in [-0.05, 0) is 25.3 Å². The lowest BCUT2D eigenvalue weighted by atomic mass is 9.91. The van der Waals surface area contributed by atoms with Gasteiger partial charge < -0.3 is 20.5 Å². The van der Waals surface area contributed by atoms with Gasteiger partial charge in [-0.15, -0.1) is 0 Å². The lowest BCUT2D eigenvalue weighted by Gasteiger charge is -2.27. The molecule has 1 aliphatic heterocycles. The van der Waals surface area contributed by atoms with Crippen molar-refractivity contribution in [2.75, 3.05) is 6.79 Å². The number of benzene rings is 1. The topological polar surface area (TPSA) is 56.5 Å². The smallest absolute Gasteiger partial charge is 0.231 e. The van der Waals surface area contributed by atoms with E-state index in [9.17, 15) is 0 Å². The van der Waals surface area contributed by atoms with Crippen LogP contribution in [0.4, 0.5) is 0 Å². The molecule has 1 saturated carbocycles. The third-order valence-electron chi connectivity index (χ3n) is 3.77. The Kier molecular flexibility index (Phi) is 3.39. The van der Waals surface area contributed by atoms with Crippen molar-refractivity contribution in [1.29, 1.82) is 0 Å². The van der Waals surface area contributed by atoms with Crippen molar-refractivity contribution in [3.63, 3.8) is 0 Å². The molecule has 3 rings (SSSR count). The Hall–Kier alpha value is -1.26. The van der Waals surface area contributed by atoms with E-state index < -0.39 is 0 Å². The van der Waals surface area contributed by atoms with Crippen LogP contribution in [0.15, 0.2) is 18.2 Å². The first kappa shape index (κ1) is 11.8. The Morgan fingerprint density at radius 3 is 3.11 bits per heavy atom. The average Bonchev–Trinajstić information content (AvgIpc) is 2.85. The van der Waals surface area contributed by atoms with Crippen molar-refractivity contribution >= 4 is 0 Å². The monoisotopic (exact) mass is 248 g/mol. The lowest BCUT2D eigenvalue weighted by Crippen LogP contribution is -2.39. The molecule has 2 unspecified atom stereocenters. The van der Waals surface area contributed by atoms with E-state index in [2.05, 4.69) is 11.4 Å². The van der Waals surface area contributed by atoms with Gasteiger partial charge in [0.15, 0.2) is 11.5 Å². The van der Waals surface area contributed by atoms with Crippen LogP contribution >= 0.6 is 0 Å². The van der Waals surface area contributed by atoms with Crippen LogP contribution < -0.4 is 20.5 Å². The summed E-state index contributed by atoms with van der Waals surface area (Å²) in [6.07, 6.45) is 4.69. The Bertz CT molecular complexity index is 422. The molecule has 4 heteroatoms. The molecule has 1 fully saturated rings. The number of fused-ring (bicyclic) bond motifs is 1. The van der Waals surface area contributed by atoms with Crippen molar-refractivity contribution < 1.29 is 9.47 Å². The van der Waals surface area contributed by atoms with Gasteiger partial charge in [0.05, 0.1) is 0 Å². The molecular weight excluding hydrogens is 228 g/mol. The number of ether oxygens (including phenoxy) is 2. The predicted molar refractivity (Wildman–Crippen MR) is 69.6 cm³/mol. The van der Waals surface area contributed by atoms with Gasteiger partial charge in [-0.1, -0.05) is 18.6 Å². The maximum absolute atomic E-state index is 6.00. The summed E-state index contributed by atoms with van der Waals surface area (Å²) in [5.41, 5.74) is 7.17. The van der Waals surface area contributed by atoms with Gasteiger partial charge in [0.25, 0.3) is 0 Å². The van der Waals surface area contributed by atoms with E-state index in [0.717, 1.165) is 30.9 Å². The van der Waals surface area contributed by atoms with E-state index in [0.29, 0.717) is 18.9 Å². The zero-order valence-corrected chi connectivity index (χ0v) is 10.5.